The highest BCUT2D eigenvalue weighted by molar-refractivity contribution is 7.99. The van der Waals surface area contributed by atoms with Crippen molar-refractivity contribution >= 4 is 23.5 Å². The Hall–Kier alpha value is -2.32. The molecule has 1 aromatic carbocycles. The van der Waals surface area contributed by atoms with E-state index in [1.54, 1.807) is 20.8 Å². The van der Waals surface area contributed by atoms with Crippen LogP contribution in [0.25, 0.3) is 0 Å². The number of aliphatic hydroxyl groups is 1. The second kappa shape index (κ2) is 11.6. The van der Waals surface area contributed by atoms with Crippen molar-refractivity contribution in [1.82, 2.24) is 5.32 Å². The molecule has 0 aromatic heterocycles. The number of nitrogens with zero attached hydrogens (tertiary/aromatic N) is 1. The van der Waals surface area contributed by atoms with Gasteiger partial charge in [0.25, 0.3) is 0 Å². The molecule has 1 fully saturated rings. The molecule has 0 bridgehead atoms. The molecule has 1 amide bonds. The predicted octanol–water partition coefficient (Wildman–Crippen LogP) is 3.85. The van der Waals surface area contributed by atoms with Crippen LogP contribution in [0.1, 0.15) is 26.3 Å². The lowest BCUT2D eigenvalue weighted by molar-refractivity contribution is -0.389. The number of hydrogen-bond acceptors (Lipinski definition) is 8. The summed E-state index contributed by atoms with van der Waals surface area (Å²) in [7, 11) is 0.997. The second-order valence-electron chi connectivity index (χ2n) is 9.03. The minimum Gasteiger partial charge on any atom is -0.471 e. The van der Waals surface area contributed by atoms with E-state index in [0.29, 0.717) is 11.5 Å². The Morgan fingerprint density at radius 2 is 1.97 bits per heavy atom. The second-order valence-corrected chi connectivity index (χ2v) is 10.1. The fourth-order valence-corrected chi connectivity index (χ4v) is 4.74. The van der Waals surface area contributed by atoms with E-state index < -0.39 is 70.8 Å². The van der Waals surface area contributed by atoms with E-state index in [0.717, 1.165) is 19.2 Å². The van der Waals surface area contributed by atoms with Gasteiger partial charge in [-0.2, -0.15) is 29.3 Å². The fourth-order valence-electron chi connectivity index (χ4n) is 3.45. The van der Waals surface area contributed by atoms with E-state index in [9.17, 15) is 37.6 Å². The normalized spacial score (nSPS) is 21.8. The molecule has 14 heteroatoms. The summed E-state index contributed by atoms with van der Waals surface area (Å²) < 4.78 is 68.8. The monoisotopic (exact) mass is 528 g/mol. The Labute approximate surface area is 203 Å². The zero-order valence-corrected chi connectivity index (χ0v) is 20.4. The van der Waals surface area contributed by atoms with E-state index in [4.69, 9.17) is 9.47 Å². The van der Waals surface area contributed by atoms with Gasteiger partial charge in [-0.25, -0.2) is 4.79 Å². The summed E-state index contributed by atoms with van der Waals surface area (Å²) >= 11 is 1.40. The molecule has 4 atom stereocenters. The number of carbonyl (C=O) groups is 1. The van der Waals surface area contributed by atoms with Crippen LogP contribution in [-0.2, 0) is 15.9 Å². The molecular formula is C21H28F4N2O7S. The number of methoxy groups -OCH3 is 1. The molecule has 0 spiro atoms. The third-order valence-electron chi connectivity index (χ3n) is 4.95. The topological polar surface area (TPSA) is 120 Å². The van der Waals surface area contributed by atoms with Crippen LogP contribution in [0.15, 0.2) is 12.1 Å². The summed E-state index contributed by atoms with van der Waals surface area (Å²) in [6, 6.07) is 1.09. The first-order valence-corrected chi connectivity index (χ1v) is 11.7. The van der Waals surface area contributed by atoms with E-state index in [1.165, 1.54) is 11.8 Å². The number of aliphatic hydroxyl groups excluding tert-OH is 1. The van der Waals surface area contributed by atoms with Gasteiger partial charge < -0.3 is 24.6 Å². The number of rotatable bonds is 8. The maximum absolute atomic E-state index is 14.6. The Kier molecular flexibility index (Phi) is 9.59. The first kappa shape index (κ1) is 28.9. The maximum Gasteiger partial charge on any atom is 0.427 e. The number of benzene rings is 1. The van der Waals surface area contributed by atoms with Crippen molar-refractivity contribution in [2.75, 3.05) is 25.2 Å². The van der Waals surface area contributed by atoms with Gasteiger partial charge in [-0.3, -0.25) is 10.1 Å². The number of alkyl halides is 3. The molecule has 1 aliphatic rings. The summed E-state index contributed by atoms with van der Waals surface area (Å²) in [4.78, 5) is 22.2. The van der Waals surface area contributed by atoms with Gasteiger partial charge in [-0.05, 0) is 56.6 Å². The molecule has 0 aliphatic carbocycles. The van der Waals surface area contributed by atoms with Crippen LogP contribution >= 0.6 is 11.8 Å². The van der Waals surface area contributed by atoms with Gasteiger partial charge in [0, 0.05) is 12.9 Å². The van der Waals surface area contributed by atoms with Crippen molar-refractivity contribution in [2.24, 2.45) is 5.92 Å². The van der Waals surface area contributed by atoms with Crippen molar-refractivity contribution < 1.29 is 46.6 Å². The number of ether oxygens (including phenoxy) is 3. The molecule has 2 N–H and O–H groups in total. The van der Waals surface area contributed by atoms with Crippen LogP contribution < -0.4 is 10.1 Å². The minimum absolute atomic E-state index is 0.0348. The Bertz CT molecular complexity index is 911. The molecule has 198 valence electrons. The fraction of sp³-hybridized carbons (Fsp3) is 0.667. The Morgan fingerprint density at radius 1 is 1.31 bits per heavy atom. The average molecular weight is 529 g/mol. The van der Waals surface area contributed by atoms with E-state index >= 15 is 0 Å². The zero-order chi connectivity index (χ0) is 26.6. The van der Waals surface area contributed by atoms with E-state index in [-0.39, 0.29) is 12.0 Å². The number of carbonyl (C=O) groups excluding carboxylic acids is 1. The molecular weight excluding hydrogens is 500 g/mol. The number of halogens is 4. The first-order valence-electron chi connectivity index (χ1n) is 10.6. The van der Waals surface area contributed by atoms with Crippen LogP contribution in [-0.4, -0.2) is 71.4 Å². The van der Waals surface area contributed by atoms with Crippen LogP contribution in [0.3, 0.4) is 0 Å². The van der Waals surface area contributed by atoms with Crippen LogP contribution in [0.4, 0.5) is 28.0 Å². The van der Waals surface area contributed by atoms with Crippen LogP contribution in [0.5, 0.6) is 5.75 Å². The molecule has 35 heavy (non-hydrogen) atoms. The van der Waals surface area contributed by atoms with Crippen molar-refractivity contribution in [2.45, 2.75) is 57.2 Å². The first-order chi connectivity index (χ1) is 16.1. The molecule has 1 aromatic rings. The van der Waals surface area contributed by atoms with Gasteiger partial charge in [-0.1, -0.05) is 0 Å². The molecule has 0 unspecified atom stereocenters. The minimum atomic E-state index is -4.92. The zero-order valence-electron chi connectivity index (χ0n) is 19.6. The van der Waals surface area contributed by atoms with Crippen LogP contribution in [0, 0.1) is 21.8 Å². The van der Waals surface area contributed by atoms with Crippen molar-refractivity contribution in [3.8, 4) is 5.75 Å². The highest BCUT2D eigenvalue weighted by Gasteiger charge is 2.43. The maximum atomic E-state index is 14.6. The van der Waals surface area contributed by atoms with Gasteiger partial charge in [0.05, 0.1) is 23.7 Å². The number of hydrogen-bond donors (Lipinski definition) is 2. The summed E-state index contributed by atoms with van der Waals surface area (Å²) in [5.74, 6) is -2.03. The quantitative estimate of drug-likeness (QED) is 0.297. The molecule has 0 saturated carbocycles. The number of nitro groups is 1. The summed E-state index contributed by atoms with van der Waals surface area (Å²) in [5, 5.41) is 24.7. The number of nitro benzene ring substituents is 1. The Morgan fingerprint density at radius 3 is 2.51 bits per heavy atom. The smallest absolute Gasteiger partial charge is 0.427 e. The molecule has 1 saturated heterocycles. The SMILES string of the molecule is COC[C@@H](Oc1cc(C[C@@H]2CSC[C@H](NC(=O)OC(C)(C)C)[C@H]2O)cc(F)c1[N+](=O)[O-])C(F)(F)F. The molecule has 1 aliphatic heterocycles. The van der Waals surface area contributed by atoms with Gasteiger partial charge in [0.2, 0.25) is 17.7 Å². The largest absolute Gasteiger partial charge is 0.471 e. The average Bonchev–Trinajstić information content (AvgIpc) is 2.68. The van der Waals surface area contributed by atoms with Gasteiger partial charge in [0.15, 0.2) is 0 Å². The van der Waals surface area contributed by atoms with E-state index in [2.05, 4.69) is 10.1 Å². The number of nitrogens with one attached hydrogen (secondary N) is 1. The highest BCUT2D eigenvalue weighted by Crippen LogP contribution is 2.37. The van der Waals surface area contributed by atoms with Gasteiger partial charge >= 0.3 is 18.0 Å². The summed E-state index contributed by atoms with van der Waals surface area (Å²) in [6.07, 6.45) is -9.32. The molecule has 0 radical (unpaired) electrons. The third kappa shape index (κ3) is 8.39. The third-order valence-corrected chi connectivity index (χ3v) is 6.21. The predicted molar refractivity (Wildman–Crippen MR) is 119 cm³/mol. The lowest BCUT2D eigenvalue weighted by Gasteiger charge is -2.35. The van der Waals surface area contributed by atoms with Crippen molar-refractivity contribution in [3.63, 3.8) is 0 Å². The van der Waals surface area contributed by atoms with Gasteiger partial charge in [-0.15, -0.1) is 0 Å². The Balaban J connectivity index is 2.26. The standard InChI is InChI=1S/C21H28F4N2O7S/c1-20(2,3)34-19(29)26-14-10-35-9-12(18(14)28)5-11-6-13(22)17(27(30)31)15(7-11)33-16(8-32-4)21(23,24)25/h6-7,12,14,16,18,28H,5,8-10H2,1-4H3,(H,26,29)/t12-,14+,16-,18+/m1/s1. The van der Waals surface area contributed by atoms with E-state index in [1.807, 2.05) is 0 Å². The number of alkyl carbamates (subject to hydrolysis) is 1. The van der Waals surface area contributed by atoms with Crippen LogP contribution in [0.2, 0.25) is 0 Å². The lowest BCUT2D eigenvalue weighted by atomic mass is 9.91. The van der Waals surface area contributed by atoms with Crippen molar-refractivity contribution in [1.29, 1.82) is 0 Å². The molecule has 9 nitrogen and oxygen atoms in total. The van der Waals surface area contributed by atoms with Crippen molar-refractivity contribution in [3.05, 3.63) is 33.6 Å². The lowest BCUT2D eigenvalue weighted by Crippen LogP contribution is -2.52. The number of amides is 1. The highest BCUT2D eigenvalue weighted by atomic mass is 32.2. The molecule has 1 heterocycles. The van der Waals surface area contributed by atoms with Gasteiger partial charge in [0.1, 0.15) is 5.60 Å². The summed E-state index contributed by atoms with van der Waals surface area (Å²) in [5.41, 5.74) is -1.90. The molecule has 2 rings (SSSR count). The summed E-state index contributed by atoms with van der Waals surface area (Å²) in [6.45, 7) is 4.09. The number of thioether (sulfide) groups is 1.